The average Bonchev–Trinajstić information content (AvgIpc) is 3.27. The molecule has 6 rings (SSSR count). The number of rotatable bonds is 6. The van der Waals surface area contributed by atoms with E-state index in [-0.39, 0.29) is 6.10 Å². The third-order valence-electron chi connectivity index (χ3n) is 14.0. The van der Waals surface area contributed by atoms with Gasteiger partial charge in [0.1, 0.15) is 0 Å². The highest BCUT2D eigenvalue weighted by Crippen LogP contribution is 2.67. The molecule has 6 aliphatic rings. The van der Waals surface area contributed by atoms with Crippen molar-refractivity contribution in [3.63, 3.8) is 0 Å². The van der Waals surface area contributed by atoms with Crippen molar-refractivity contribution < 1.29 is 9.90 Å². The zero-order valence-electron chi connectivity index (χ0n) is 25.7. The first-order valence-electron chi connectivity index (χ1n) is 17.5. The molecule has 4 nitrogen and oxygen atoms in total. The number of nitrogens with zero attached hydrogens (tertiary/aromatic N) is 2. The van der Waals surface area contributed by atoms with Gasteiger partial charge in [0.05, 0.1) is 6.10 Å². The molecule has 1 N–H and O–H groups in total. The van der Waals surface area contributed by atoms with Gasteiger partial charge in [0.2, 0.25) is 5.91 Å². The zero-order valence-corrected chi connectivity index (χ0v) is 25.7. The Kier molecular flexibility index (Phi) is 8.46. The summed E-state index contributed by atoms with van der Waals surface area (Å²) >= 11 is 0. The van der Waals surface area contributed by atoms with Crippen molar-refractivity contribution in [2.24, 2.45) is 40.4 Å². The van der Waals surface area contributed by atoms with E-state index < -0.39 is 0 Å². The SMILES string of the molecule is CN1CCC2(C)C(CC(O)C3C4CCC(CCCC(=O)N(C5CCCCC5)C5CCCCC5)C4(C)CCC32)C1. The summed E-state index contributed by atoms with van der Waals surface area (Å²) in [6, 6.07) is 1.05. The first-order chi connectivity index (χ1) is 18.8. The molecule has 0 radical (unpaired) electrons. The minimum atomic E-state index is -0.107. The van der Waals surface area contributed by atoms with E-state index in [0.29, 0.717) is 52.5 Å². The topological polar surface area (TPSA) is 43.8 Å². The Balaban J connectivity index is 1.09. The summed E-state index contributed by atoms with van der Waals surface area (Å²) in [6.45, 7) is 7.59. The van der Waals surface area contributed by atoms with Gasteiger partial charge in [-0.25, -0.2) is 0 Å². The molecule has 5 saturated carbocycles. The van der Waals surface area contributed by atoms with Crippen LogP contribution in [-0.2, 0) is 4.79 Å². The van der Waals surface area contributed by atoms with Crippen LogP contribution in [0.4, 0.5) is 0 Å². The summed E-state index contributed by atoms with van der Waals surface area (Å²) in [7, 11) is 2.27. The highest BCUT2D eigenvalue weighted by Gasteiger charge is 2.62. The van der Waals surface area contributed by atoms with Crippen molar-refractivity contribution in [1.82, 2.24) is 9.80 Å². The van der Waals surface area contributed by atoms with E-state index in [2.05, 4.69) is 30.7 Å². The number of likely N-dealkylation sites (tertiary alicyclic amines) is 1. The van der Waals surface area contributed by atoms with Crippen LogP contribution >= 0.6 is 0 Å². The number of hydrogen-bond acceptors (Lipinski definition) is 3. The third kappa shape index (κ3) is 5.26. The molecule has 1 aliphatic heterocycles. The molecule has 0 aromatic rings. The summed E-state index contributed by atoms with van der Waals surface area (Å²) in [5, 5.41) is 11.6. The first kappa shape index (κ1) is 28.5. The van der Waals surface area contributed by atoms with Gasteiger partial charge in [-0.05, 0) is 131 Å². The largest absolute Gasteiger partial charge is 0.393 e. The second kappa shape index (κ2) is 11.6. The first-order valence-corrected chi connectivity index (χ1v) is 17.5. The van der Waals surface area contributed by atoms with Crippen molar-refractivity contribution in [3.05, 3.63) is 0 Å². The molecular weight excluding hydrogens is 480 g/mol. The third-order valence-corrected chi connectivity index (χ3v) is 14.0. The second-order valence-corrected chi connectivity index (χ2v) is 15.9. The fourth-order valence-electron chi connectivity index (χ4n) is 11.7. The van der Waals surface area contributed by atoms with Crippen LogP contribution in [0.25, 0.3) is 0 Å². The minimum Gasteiger partial charge on any atom is -0.393 e. The van der Waals surface area contributed by atoms with Crippen LogP contribution in [0, 0.1) is 40.4 Å². The number of carbonyl (C=O) groups excluding carboxylic acids is 1. The quantitative estimate of drug-likeness (QED) is 0.381. The molecule has 5 aliphatic carbocycles. The fraction of sp³-hybridized carbons (Fsp3) is 0.971. The molecule has 1 heterocycles. The molecule has 222 valence electrons. The number of fused-ring (bicyclic) bond motifs is 5. The highest BCUT2D eigenvalue weighted by molar-refractivity contribution is 5.77. The average molecular weight is 541 g/mol. The lowest BCUT2D eigenvalue weighted by molar-refractivity contribution is -0.168. The Hall–Kier alpha value is -0.610. The molecule has 8 unspecified atom stereocenters. The van der Waals surface area contributed by atoms with Gasteiger partial charge in [0.15, 0.2) is 0 Å². The Morgan fingerprint density at radius 1 is 0.846 bits per heavy atom. The molecule has 0 aromatic heterocycles. The lowest BCUT2D eigenvalue weighted by Gasteiger charge is -2.62. The monoisotopic (exact) mass is 540 g/mol. The van der Waals surface area contributed by atoms with Gasteiger partial charge >= 0.3 is 0 Å². The van der Waals surface area contributed by atoms with E-state index in [1.807, 2.05) is 0 Å². The number of aliphatic hydroxyl groups is 1. The van der Waals surface area contributed by atoms with Crippen LogP contribution < -0.4 is 0 Å². The zero-order chi connectivity index (χ0) is 27.2. The van der Waals surface area contributed by atoms with Gasteiger partial charge in [-0.3, -0.25) is 4.79 Å². The molecule has 39 heavy (non-hydrogen) atoms. The molecular formula is C35H60N2O2. The van der Waals surface area contributed by atoms with Crippen molar-refractivity contribution >= 4 is 5.91 Å². The lowest BCUT2D eigenvalue weighted by Crippen LogP contribution is -2.60. The molecule has 0 bridgehead atoms. The molecule has 4 heteroatoms. The second-order valence-electron chi connectivity index (χ2n) is 15.9. The molecule has 6 fully saturated rings. The van der Waals surface area contributed by atoms with Crippen molar-refractivity contribution in [3.8, 4) is 0 Å². The van der Waals surface area contributed by atoms with E-state index in [1.54, 1.807) is 0 Å². The van der Waals surface area contributed by atoms with E-state index >= 15 is 0 Å². The summed E-state index contributed by atoms with van der Waals surface area (Å²) in [4.78, 5) is 18.7. The van der Waals surface area contributed by atoms with Crippen LogP contribution in [0.15, 0.2) is 0 Å². The predicted octanol–water partition coefficient (Wildman–Crippen LogP) is 7.43. The fourth-order valence-corrected chi connectivity index (χ4v) is 11.7. The van der Waals surface area contributed by atoms with Gasteiger partial charge in [0.25, 0.3) is 0 Å². The smallest absolute Gasteiger partial charge is 0.223 e. The molecule has 0 spiro atoms. The predicted molar refractivity (Wildman–Crippen MR) is 159 cm³/mol. The maximum atomic E-state index is 13.8. The number of hydrogen-bond donors (Lipinski definition) is 1. The van der Waals surface area contributed by atoms with Gasteiger partial charge in [-0.1, -0.05) is 52.4 Å². The summed E-state index contributed by atoms with van der Waals surface area (Å²) in [5.41, 5.74) is 0.788. The molecule has 1 amide bonds. The van der Waals surface area contributed by atoms with E-state index in [0.717, 1.165) is 25.2 Å². The van der Waals surface area contributed by atoms with Gasteiger partial charge in [0, 0.05) is 25.0 Å². The summed E-state index contributed by atoms with van der Waals surface area (Å²) < 4.78 is 0. The van der Waals surface area contributed by atoms with Gasteiger partial charge < -0.3 is 14.9 Å². The van der Waals surface area contributed by atoms with Crippen LogP contribution in [0.5, 0.6) is 0 Å². The Morgan fingerprint density at radius 3 is 2.15 bits per heavy atom. The van der Waals surface area contributed by atoms with Crippen LogP contribution in [0.1, 0.15) is 136 Å². The minimum absolute atomic E-state index is 0.107. The normalized spacial score (nSPS) is 43.9. The number of carbonyl (C=O) groups is 1. The standard InChI is InChI=1S/C35H60N2O2/c1-34-20-19-30-33(31(38)23-26-24-36(3)22-21-35(26,30)2)29(34)18-17-25(34)11-10-16-32(39)37(27-12-6-4-7-13-27)28-14-8-5-9-15-28/h25-31,33,38H,4-24H2,1-3H3. The highest BCUT2D eigenvalue weighted by atomic mass is 16.3. The van der Waals surface area contributed by atoms with Crippen molar-refractivity contribution in [1.29, 1.82) is 0 Å². The van der Waals surface area contributed by atoms with Crippen LogP contribution in [0.2, 0.25) is 0 Å². The Labute approximate surface area is 240 Å². The number of amides is 1. The van der Waals surface area contributed by atoms with Crippen molar-refractivity contribution in [2.45, 2.75) is 154 Å². The number of aliphatic hydroxyl groups excluding tert-OH is 1. The van der Waals surface area contributed by atoms with Gasteiger partial charge in [-0.2, -0.15) is 0 Å². The summed E-state index contributed by atoms with van der Waals surface area (Å²) in [6.07, 6.45) is 23.5. The maximum Gasteiger partial charge on any atom is 0.223 e. The number of piperidine rings is 1. The van der Waals surface area contributed by atoms with E-state index in [9.17, 15) is 9.90 Å². The molecule has 8 atom stereocenters. The van der Waals surface area contributed by atoms with Gasteiger partial charge in [-0.15, -0.1) is 0 Å². The molecule has 0 aromatic carbocycles. The van der Waals surface area contributed by atoms with Crippen molar-refractivity contribution in [2.75, 3.05) is 20.1 Å². The maximum absolute atomic E-state index is 13.8. The van der Waals surface area contributed by atoms with Crippen LogP contribution in [0.3, 0.4) is 0 Å². The Bertz CT molecular complexity index is 832. The van der Waals surface area contributed by atoms with E-state index in [4.69, 9.17) is 0 Å². The van der Waals surface area contributed by atoms with E-state index in [1.165, 1.54) is 116 Å². The van der Waals surface area contributed by atoms with Crippen LogP contribution in [-0.4, -0.2) is 59.1 Å². The summed E-state index contributed by atoms with van der Waals surface area (Å²) in [5.74, 6) is 3.79. The lowest BCUT2D eigenvalue weighted by atomic mass is 9.45. The Morgan fingerprint density at radius 2 is 1.49 bits per heavy atom. The molecule has 1 saturated heterocycles.